The van der Waals surface area contributed by atoms with Gasteiger partial charge in [-0.1, -0.05) is 31.4 Å². The minimum Gasteiger partial charge on any atom is -0.370 e. The summed E-state index contributed by atoms with van der Waals surface area (Å²) in [6.07, 6.45) is 2.25. The maximum atomic E-state index is 12.5. The van der Waals surface area contributed by atoms with Crippen LogP contribution in [0.5, 0.6) is 0 Å². The van der Waals surface area contributed by atoms with Crippen molar-refractivity contribution in [2.75, 3.05) is 6.54 Å². The van der Waals surface area contributed by atoms with Gasteiger partial charge in [-0.2, -0.15) is 13.2 Å². The Morgan fingerprint density at radius 1 is 1.14 bits per heavy atom. The van der Waals surface area contributed by atoms with Crippen molar-refractivity contribution >= 4 is 5.96 Å². The molecular weight excluding hydrogens is 291 g/mol. The van der Waals surface area contributed by atoms with E-state index in [1.807, 2.05) is 0 Å². The SMILES string of the molecule is NC(=NCCc1ccc(C(F)(F)F)cc1)NC1CCCCC1. The number of nitrogens with one attached hydrogen (secondary N) is 1. The first-order valence-corrected chi connectivity index (χ1v) is 7.68. The number of aliphatic imine (C=N–C) groups is 1. The second kappa shape index (κ2) is 7.51. The van der Waals surface area contributed by atoms with Crippen molar-refractivity contribution in [3.63, 3.8) is 0 Å². The number of guanidine groups is 1. The number of alkyl halides is 3. The molecule has 0 radical (unpaired) electrons. The van der Waals surface area contributed by atoms with E-state index in [9.17, 15) is 13.2 Å². The monoisotopic (exact) mass is 313 g/mol. The molecule has 0 aliphatic heterocycles. The Bertz CT molecular complexity index is 488. The highest BCUT2D eigenvalue weighted by atomic mass is 19.4. The molecule has 0 saturated heterocycles. The third kappa shape index (κ3) is 5.24. The fourth-order valence-electron chi connectivity index (χ4n) is 2.67. The molecule has 1 aromatic carbocycles. The lowest BCUT2D eigenvalue weighted by Crippen LogP contribution is -2.41. The first kappa shape index (κ1) is 16.6. The maximum absolute atomic E-state index is 12.5. The number of halogens is 3. The number of hydrogen-bond acceptors (Lipinski definition) is 1. The highest BCUT2D eigenvalue weighted by molar-refractivity contribution is 5.78. The molecule has 22 heavy (non-hydrogen) atoms. The molecule has 0 unspecified atom stereocenters. The Morgan fingerprint density at radius 2 is 1.77 bits per heavy atom. The average molecular weight is 313 g/mol. The largest absolute Gasteiger partial charge is 0.416 e. The Morgan fingerprint density at radius 3 is 2.36 bits per heavy atom. The molecule has 122 valence electrons. The number of hydrogen-bond donors (Lipinski definition) is 2. The number of nitrogens with zero attached hydrogens (tertiary/aromatic N) is 1. The highest BCUT2D eigenvalue weighted by Gasteiger charge is 2.29. The Balaban J connectivity index is 1.78. The molecule has 3 nitrogen and oxygen atoms in total. The summed E-state index contributed by atoms with van der Waals surface area (Å²) in [4.78, 5) is 4.25. The number of benzene rings is 1. The van der Waals surface area contributed by atoms with Gasteiger partial charge in [0.15, 0.2) is 5.96 Å². The van der Waals surface area contributed by atoms with Crippen LogP contribution in [0.25, 0.3) is 0 Å². The van der Waals surface area contributed by atoms with Crippen molar-refractivity contribution in [1.29, 1.82) is 0 Å². The van der Waals surface area contributed by atoms with Crippen molar-refractivity contribution in [1.82, 2.24) is 5.32 Å². The molecule has 3 N–H and O–H groups in total. The van der Waals surface area contributed by atoms with Gasteiger partial charge in [-0.3, -0.25) is 4.99 Å². The summed E-state index contributed by atoms with van der Waals surface area (Å²) < 4.78 is 37.4. The Labute approximate surface area is 128 Å². The summed E-state index contributed by atoms with van der Waals surface area (Å²) >= 11 is 0. The molecule has 6 heteroatoms. The van der Waals surface area contributed by atoms with Crippen molar-refractivity contribution < 1.29 is 13.2 Å². The molecule has 0 aromatic heterocycles. The van der Waals surface area contributed by atoms with Gasteiger partial charge in [0.1, 0.15) is 0 Å². The second-order valence-corrected chi connectivity index (χ2v) is 5.69. The van der Waals surface area contributed by atoms with E-state index >= 15 is 0 Å². The minimum absolute atomic E-state index is 0.406. The second-order valence-electron chi connectivity index (χ2n) is 5.69. The van der Waals surface area contributed by atoms with Crippen molar-refractivity contribution in [2.45, 2.75) is 50.7 Å². The van der Waals surface area contributed by atoms with Gasteiger partial charge in [0.05, 0.1) is 5.56 Å². The van der Waals surface area contributed by atoms with Crippen LogP contribution < -0.4 is 11.1 Å². The van der Waals surface area contributed by atoms with E-state index in [1.165, 1.54) is 31.4 Å². The van der Waals surface area contributed by atoms with Crippen LogP contribution in [0.4, 0.5) is 13.2 Å². The van der Waals surface area contributed by atoms with Crippen LogP contribution >= 0.6 is 0 Å². The van der Waals surface area contributed by atoms with Gasteiger partial charge >= 0.3 is 6.18 Å². The van der Waals surface area contributed by atoms with Crippen LogP contribution in [0.2, 0.25) is 0 Å². The predicted molar refractivity (Wildman–Crippen MR) is 81.6 cm³/mol. The molecule has 1 saturated carbocycles. The van der Waals surface area contributed by atoms with Crippen LogP contribution in [0, 0.1) is 0 Å². The molecule has 1 aliphatic carbocycles. The van der Waals surface area contributed by atoms with E-state index in [4.69, 9.17) is 5.73 Å². The zero-order chi connectivity index (χ0) is 16.0. The summed E-state index contributed by atoms with van der Waals surface area (Å²) in [7, 11) is 0. The third-order valence-corrected chi connectivity index (χ3v) is 3.92. The van der Waals surface area contributed by atoms with Crippen LogP contribution in [0.1, 0.15) is 43.2 Å². The third-order valence-electron chi connectivity index (χ3n) is 3.92. The summed E-state index contributed by atoms with van der Waals surface area (Å²) in [6.45, 7) is 0.469. The fraction of sp³-hybridized carbons (Fsp3) is 0.562. The van der Waals surface area contributed by atoms with Crippen LogP contribution in [0.3, 0.4) is 0 Å². The lowest BCUT2D eigenvalue weighted by molar-refractivity contribution is -0.137. The maximum Gasteiger partial charge on any atom is 0.416 e. The lowest BCUT2D eigenvalue weighted by atomic mass is 9.96. The van der Waals surface area contributed by atoms with Gasteiger partial charge in [0.2, 0.25) is 0 Å². The summed E-state index contributed by atoms with van der Waals surface area (Å²) in [5, 5.41) is 3.21. The quantitative estimate of drug-likeness (QED) is 0.660. The van der Waals surface area contributed by atoms with Gasteiger partial charge in [-0.25, -0.2) is 0 Å². The summed E-state index contributed by atoms with van der Waals surface area (Å²) in [5.41, 5.74) is 6.03. The average Bonchev–Trinajstić information content (AvgIpc) is 2.48. The predicted octanol–water partition coefficient (Wildman–Crippen LogP) is 3.48. The molecule has 0 heterocycles. The molecule has 0 amide bonds. The van der Waals surface area contributed by atoms with Crippen LogP contribution in [0.15, 0.2) is 29.3 Å². The molecule has 2 rings (SSSR count). The molecular formula is C16H22F3N3. The van der Waals surface area contributed by atoms with Crippen molar-refractivity contribution in [3.05, 3.63) is 35.4 Å². The van der Waals surface area contributed by atoms with Gasteiger partial charge in [-0.15, -0.1) is 0 Å². The molecule has 0 bridgehead atoms. The van der Waals surface area contributed by atoms with E-state index in [-0.39, 0.29) is 0 Å². The highest BCUT2D eigenvalue weighted by Crippen LogP contribution is 2.29. The fourth-order valence-corrected chi connectivity index (χ4v) is 2.67. The first-order chi connectivity index (χ1) is 10.4. The van der Waals surface area contributed by atoms with Crippen LogP contribution in [-0.4, -0.2) is 18.5 Å². The number of rotatable bonds is 4. The summed E-state index contributed by atoms with van der Waals surface area (Å²) in [6, 6.07) is 5.58. The van der Waals surface area contributed by atoms with Crippen molar-refractivity contribution in [2.24, 2.45) is 10.7 Å². The molecule has 1 aliphatic rings. The van der Waals surface area contributed by atoms with Crippen LogP contribution in [-0.2, 0) is 12.6 Å². The lowest BCUT2D eigenvalue weighted by Gasteiger charge is -2.23. The minimum atomic E-state index is -4.29. The zero-order valence-corrected chi connectivity index (χ0v) is 12.5. The van der Waals surface area contributed by atoms with Crippen molar-refractivity contribution in [3.8, 4) is 0 Å². The Hall–Kier alpha value is -1.72. The van der Waals surface area contributed by atoms with Gasteiger partial charge in [0.25, 0.3) is 0 Å². The van der Waals surface area contributed by atoms with E-state index in [0.29, 0.717) is 25.0 Å². The van der Waals surface area contributed by atoms with E-state index in [1.54, 1.807) is 0 Å². The first-order valence-electron chi connectivity index (χ1n) is 7.68. The molecule has 0 atom stereocenters. The topological polar surface area (TPSA) is 50.4 Å². The zero-order valence-electron chi connectivity index (χ0n) is 12.5. The normalized spacial score (nSPS) is 17.5. The standard InChI is InChI=1S/C16H22F3N3/c17-16(18,19)13-8-6-12(7-9-13)10-11-21-15(20)22-14-4-2-1-3-5-14/h6-9,14H,1-5,10-11H2,(H3,20,21,22). The van der Waals surface area contributed by atoms with Gasteiger partial charge in [-0.05, 0) is 37.0 Å². The Kier molecular flexibility index (Phi) is 5.69. The molecule has 0 spiro atoms. The summed E-state index contributed by atoms with van der Waals surface area (Å²) in [5.74, 6) is 0.429. The van der Waals surface area contributed by atoms with E-state index in [2.05, 4.69) is 10.3 Å². The molecule has 1 aromatic rings. The van der Waals surface area contributed by atoms with Gasteiger partial charge < -0.3 is 11.1 Å². The molecule has 1 fully saturated rings. The smallest absolute Gasteiger partial charge is 0.370 e. The van der Waals surface area contributed by atoms with E-state index < -0.39 is 11.7 Å². The number of nitrogens with two attached hydrogens (primary N) is 1. The van der Waals surface area contributed by atoms with E-state index in [0.717, 1.165) is 30.5 Å². The van der Waals surface area contributed by atoms with Gasteiger partial charge in [0, 0.05) is 12.6 Å².